The molecule has 0 heterocycles. The highest BCUT2D eigenvalue weighted by Gasteiger charge is 2.10. The third-order valence-corrected chi connectivity index (χ3v) is 3.57. The zero-order valence-electron chi connectivity index (χ0n) is 12.9. The van der Waals surface area contributed by atoms with Gasteiger partial charge in [0.1, 0.15) is 12.4 Å². The van der Waals surface area contributed by atoms with Gasteiger partial charge in [-0.3, -0.25) is 0 Å². The molecule has 0 fully saturated rings. The fourth-order valence-corrected chi connectivity index (χ4v) is 2.39. The molecule has 3 aromatic carbocycles. The lowest BCUT2D eigenvalue weighted by atomic mass is 10.00. The summed E-state index contributed by atoms with van der Waals surface area (Å²) in [6.07, 6.45) is 0. The summed E-state index contributed by atoms with van der Waals surface area (Å²) in [6.45, 7) is 0.506. The van der Waals surface area contributed by atoms with Crippen LogP contribution < -0.4 is 4.74 Å². The van der Waals surface area contributed by atoms with Gasteiger partial charge in [0.15, 0.2) is 0 Å². The number of ether oxygens (including phenoxy) is 1. The second kappa shape index (κ2) is 8.18. The van der Waals surface area contributed by atoms with Crippen LogP contribution in [0.25, 0.3) is 11.1 Å². The van der Waals surface area contributed by atoms with E-state index in [4.69, 9.17) is 4.74 Å². The molecule has 1 N–H and O–H groups in total. The molecule has 0 aliphatic heterocycles. The third-order valence-electron chi connectivity index (χ3n) is 3.57. The molecule has 3 rings (SSSR count). The summed E-state index contributed by atoms with van der Waals surface area (Å²) in [7, 11) is 0. The first-order chi connectivity index (χ1) is 11.2. The minimum absolute atomic E-state index is 0. The molecule has 3 aromatic rings. The van der Waals surface area contributed by atoms with E-state index in [0.29, 0.717) is 17.7 Å². The third kappa shape index (κ3) is 4.15. The van der Waals surface area contributed by atoms with E-state index in [0.717, 1.165) is 16.9 Å². The van der Waals surface area contributed by atoms with E-state index >= 15 is 0 Å². The van der Waals surface area contributed by atoms with E-state index in [1.165, 1.54) is 0 Å². The number of carbonyl (C=O) groups is 1. The van der Waals surface area contributed by atoms with Crippen molar-refractivity contribution in [3.8, 4) is 16.9 Å². The van der Waals surface area contributed by atoms with Gasteiger partial charge in [0.2, 0.25) is 0 Å². The Hall–Kier alpha value is -2.78. The molecule has 0 saturated heterocycles. The van der Waals surface area contributed by atoms with Crippen LogP contribution >= 0.6 is 12.4 Å². The Bertz CT molecular complexity index is 799. The van der Waals surface area contributed by atoms with Gasteiger partial charge >= 0.3 is 5.97 Å². The summed E-state index contributed by atoms with van der Waals surface area (Å²) < 4.78 is 5.74. The van der Waals surface area contributed by atoms with Crippen molar-refractivity contribution < 1.29 is 14.6 Å². The maximum atomic E-state index is 11.3. The van der Waals surface area contributed by atoms with Crippen molar-refractivity contribution in [3.63, 3.8) is 0 Å². The van der Waals surface area contributed by atoms with Gasteiger partial charge < -0.3 is 9.84 Å². The average Bonchev–Trinajstić information content (AvgIpc) is 2.61. The Labute approximate surface area is 146 Å². The lowest BCUT2D eigenvalue weighted by molar-refractivity contribution is 0.0697. The van der Waals surface area contributed by atoms with Gasteiger partial charge in [-0.15, -0.1) is 12.4 Å². The van der Waals surface area contributed by atoms with Crippen molar-refractivity contribution in [2.75, 3.05) is 0 Å². The highest BCUT2D eigenvalue weighted by atomic mass is 35.5. The van der Waals surface area contributed by atoms with E-state index < -0.39 is 5.97 Å². The first-order valence-corrected chi connectivity index (χ1v) is 7.33. The molecule has 0 aromatic heterocycles. The van der Waals surface area contributed by atoms with Gasteiger partial charge in [-0.1, -0.05) is 60.7 Å². The van der Waals surface area contributed by atoms with E-state index in [9.17, 15) is 9.90 Å². The fraction of sp³-hybridized carbons (Fsp3) is 0.0500. The Morgan fingerprint density at radius 2 is 1.46 bits per heavy atom. The van der Waals surface area contributed by atoms with E-state index in [2.05, 4.69) is 0 Å². The number of hydrogen-bond donors (Lipinski definition) is 1. The summed E-state index contributed by atoms with van der Waals surface area (Å²) in [6, 6.07) is 24.4. The van der Waals surface area contributed by atoms with E-state index in [-0.39, 0.29) is 12.4 Å². The number of carboxylic acid groups (broad SMARTS) is 1. The topological polar surface area (TPSA) is 46.5 Å². The molecule has 0 unspecified atom stereocenters. The van der Waals surface area contributed by atoms with E-state index in [1.54, 1.807) is 12.1 Å². The number of rotatable bonds is 5. The Morgan fingerprint density at radius 3 is 2.12 bits per heavy atom. The lowest BCUT2D eigenvalue weighted by Gasteiger charge is -2.09. The van der Waals surface area contributed by atoms with Crippen LogP contribution in [0.1, 0.15) is 15.9 Å². The van der Waals surface area contributed by atoms with Gasteiger partial charge in [0, 0.05) is 0 Å². The van der Waals surface area contributed by atoms with Gasteiger partial charge in [-0.25, -0.2) is 4.79 Å². The molecule has 3 nitrogen and oxygen atoms in total. The lowest BCUT2D eigenvalue weighted by Crippen LogP contribution is -1.99. The largest absolute Gasteiger partial charge is 0.489 e. The van der Waals surface area contributed by atoms with Crippen LogP contribution in [-0.2, 0) is 6.61 Å². The first kappa shape index (κ1) is 17.6. The molecule has 4 heteroatoms. The zero-order chi connectivity index (χ0) is 16.1. The van der Waals surface area contributed by atoms with Crippen LogP contribution in [0.5, 0.6) is 5.75 Å². The summed E-state index contributed by atoms with van der Waals surface area (Å²) in [5.41, 5.74) is 2.96. The molecule has 0 amide bonds. The normalized spacial score (nSPS) is 9.83. The highest BCUT2D eigenvalue weighted by Crippen LogP contribution is 2.26. The van der Waals surface area contributed by atoms with Gasteiger partial charge in [-0.05, 0) is 34.9 Å². The predicted octanol–water partition coefficient (Wildman–Crippen LogP) is 5.05. The molecule has 24 heavy (non-hydrogen) atoms. The van der Waals surface area contributed by atoms with Crippen molar-refractivity contribution in [2.24, 2.45) is 0 Å². The van der Waals surface area contributed by atoms with Crippen LogP contribution in [-0.4, -0.2) is 11.1 Å². The molecule has 0 radical (unpaired) electrons. The minimum atomic E-state index is -0.926. The number of halogens is 1. The molecule has 0 spiro atoms. The van der Waals surface area contributed by atoms with Crippen LogP contribution in [0.15, 0.2) is 78.9 Å². The highest BCUT2D eigenvalue weighted by molar-refractivity contribution is 5.96. The van der Waals surface area contributed by atoms with Crippen LogP contribution in [0.4, 0.5) is 0 Å². The summed E-state index contributed by atoms with van der Waals surface area (Å²) in [5.74, 6) is -0.171. The van der Waals surface area contributed by atoms with Gasteiger partial charge in [0.25, 0.3) is 0 Å². The number of hydrogen-bond acceptors (Lipinski definition) is 2. The average molecular weight is 341 g/mol. The predicted molar refractivity (Wildman–Crippen MR) is 96.9 cm³/mol. The van der Waals surface area contributed by atoms with Crippen molar-refractivity contribution in [3.05, 3.63) is 90.0 Å². The standard InChI is InChI=1S/C20H16O3.ClH/c21-20(22)19-9-5-4-8-18(19)16-10-12-17(13-11-16)23-14-15-6-2-1-3-7-15;/h1-13H,14H2,(H,21,22);1H. The SMILES string of the molecule is Cl.O=C(O)c1ccccc1-c1ccc(OCc2ccccc2)cc1. The first-order valence-electron chi connectivity index (χ1n) is 7.33. The Morgan fingerprint density at radius 1 is 0.833 bits per heavy atom. The van der Waals surface area contributed by atoms with Gasteiger partial charge in [0.05, 0.1) is 5.56 Å². The van der Waals surface area contributed by atoms with E-state index in [1.807, 2.05) is 66.7 Å². The van der Waals surface area contributed by atoms with Crippen LogP contribution in [0, 0.1) is 0 Å². The second-order valence-corrected chi connectivity index (χ2v) is 5.15. The second-order valence-electron chi connectivity index (χ2n) is 5.15. The van der Waals surface area contributed by atoms with Crippen molar-refractivity contribution in [1.29, 1.82) is 0 Å². The minimum Gasteiger partial charge on any atom is -0.489 e. The fourth-order valence-electron chi connectivity index (χ4n) is 2.39. The summed E-state index contributed by atoms with van der Waals surface area (Å²) >= 11 is 0. The van der Waals surface area contributed by atoms with Gasteiger partial charge in [-0.2, -0.15) is 0 Å². The molecule has 0 saturated carbocycles. The zero-order valence-corrected chi connectivity index (χ0v) is 13.7. The summed E-state index contributed by atoms with van der Waals surface area (Å²) in [5, 5.41) is 9.27. The quantitative estimate of drug-likeness (QED) is 0.706. The molecular weight excluding hydrogens is 324 g/mol. The molecule has 122 valence electrons. The van der Waals surface area contributed by atoms with Crippen LogP contribution in [0.2, 0.25) is 0 Å². The number of carboxylic acids is 1. The van der Waals surface area contributed by atoms with Crippen molar-refractivity contribution >= 4 is 18.4 Å². The smallest absolute Gasteiger partial charge is 0.336 e. The Balaban J connectivity index is 0.00000208. The molecular formula is C20H17ClO3. The summed E-state index contributed by atoms with van der Waals surface area (Å²) in [4.78, 5) is 11.3. The van der Waals surface area contributed by atoms with Crippen molar-refractivity contribution in [1.82, 2.24) is 0 Å². The molecule has 0 bridgehead atoms. The monoisotopic (exact) mass is 340 g/mol. The van der Waals surface area contributed by atoms with Crippen LogP contribution in [0.3, 0.4) is 0 Å². The maximum absolute atomic E-state index is 11.3. The molecule has 0 atom stereocenters. The molecule has 0 aliphatic rings. The van der Waals surface area contributed by atoms with Crippen molar-refractivity contribution in [2.45, 2.75) is 6.61 Å². The Kier molecular flexibility index (Phi) is 5.99. The maximum Gasteiger partial charge on any atom is 0.336 e. The number of aromatic carboxylic acids is 1. The molecule has 0 aliphatic carbocycles. The number of benzene rings is 3.